The Bertz CT molecular complexity index is 1020. The van der Waals surface area contributed by atoms with Crippen LogP contribution in [0.4, 0.5) is 5.13 Å². The zero-order valence-electron chi connectivity index (χ0n) is 15.7. The van der Waals surface area contributed by atoms with Gasteiger partial charge in [-0.05, 0) is 36.0 Å². The van der Waals surface area contributed by atoms with Gasteiger partial charge in [-0.25, -0.2) is 0 Å². The largest absolute Gasteiger partial charge is 0.299 e. The van der Waals surface area contributed by atoms with Crippen molar-refractivity contribution >= 4 is 57.6 Å². The Balaban J connectivity index is 1.16. The molecule has 2 fully saturated rings. The molecule has 1 aromatic carbocycles. The van der Waals surface area contributed by atoms with Crippen LogP contribution in [0.2, 0.25) is 5.02 Å². The molecule has 10 heteroatoms. The van der Waals surface area contributed by atoms with Gasteiger partial charge in [-0.1, -0.05) is 59.0 Å². The van der Waals surface area contributed by atoms with Crippen LogP contribution >= 0.6 is 34.7 Å². The first-order valence-corrected chi connectivity index (χ1v) is 11.7. The number of carbonyl (C=O) groups excluding carboxylic acids is 3. The number of nitrogens with one attached hydrogen (secondary N) is 1. The van der Waals surface area contributed by atoms with Gasteiger partial charge in [0.15, 0.2) is 4.34 Å². The standard InChI is InChI=1S/C20H17ClN4O3S2/c21-13-5-1-10(2-6-13)9-29-20-24-23-19(30-20)22-14(26)8-25-17(27)15-11-3-4-12(7-11)16(15)18(25)28/h1-6,11-12,15-16H,7-9H2,(H,22,23,26)/t11-,12-,15-,16-/m0/s1. The molecule has 0 spiro atoms. The number of hydrogen-bond acceptors (Lipinski definition) is 7. The summed E-state index contributed by atoms with van der Waals surface area (Å²) in [5, 5.41) is 11.7. The number of thioether (sulfide) groups is 1. The van der Waals surface area contributed by atoms with Gasteiger partial charge >= 0.3 is 0 Å². The number of benzene rings is 1. The fourth-order valence-corrected chi connectivity index (χ4v) is 6.32. The maximum atomic E-state index is 12.7. The van der Waals surface area contributed by atoms with Crippen LogP contribution in [0, 0.1) is 23.7 Å². The van der Waals surface area contributed by atoms with Crippen molar-refractivity contribution < 1.29 is 14.4 Å². The minimum Gasteiger partial charge on any atom is -0.299 e. The van der Waals surface area contributed by atoms with Gasteiger partial charge < -0.3 is 0 Å². The number of hydrogen-bond donors (Lipinski definition) is 1. The zero-order valence-corrected chi connectivity index (χ0v) is 18.0. The van der Waals surface area contributed by atoms with E-state index in [0.29, 0.717) is 20.2 Å². The Hall–Kier alpha value is -2.23. The fourth-order valence-electron chi connectivity index (χ4n) is 4.47. The van der Waals surface area contributed by atoms with Crippen LogP contribution in [-0.4, -0.2) is 39.4 Å². The Labute approximate surface area is 185 Å². The van der Waals surface area contributed by atoms with Gasteiger partial charge in [-0.2, -0.15) is 0 Å². The van der Waals surface area contributed by atoms with Crippen LogP contribution in [-0.2, 0) is 20.1 Å². The fraction of sp³-hybridized carbons (Fsp3) is 0.350. The normalized spacial score (nSPS) is 26.5. The number of likely N-dealkylation sites (tertiary alicyclic amines) is 1. The number of anilines is 1. The molecule has 1 aliphatic heterocycles. The topological polar surface area (TPSA) is 92.3 Å². The second kappa shape index (κ2) is 7.79. The molecule has 1 N–H and O–H groups in total. The number of imide groups is 1. The van der Waals surface area contributed by atoms with Gasteiger partial charge in [0, 0.05) is 10.8 Å². The number of nitrogens with zero attached hydrogens (tertiary/aromatic N) is 3. The number of amides is 3. The lowest BCUT2D eigenvalue weighted by molar-refractivity contribution is -0.143. The molecular weight excluding hydrogens is 444 g/mol. The number of rotatable bonds is 6. The van der Waals surface area contributed by atoms with Crippen molar-refractivity contribution in [3.63, 3.8) is 0 Å². The number of fused-ring (bicyclic) bond motifs is 5. The SMILES string of the molecule is O=C(CN1C(=O)[C@@H]2[C@@H](C1=O)[C@H]1C=C[C@H]2C1)Nc1nnc(SCc2ccc(Cl)cc2)s1. The smallest absolute Gasteiger partial charge is 0.246 e. The summed E-state index contributed by atoms with van der Waals surface area (Å²) in [6.07, 6.45) is 4.93. The summed E-state index contributed by atoms with van der Waals surface area (Å²) in [6.45, 7) is -0.281. The maximum absolute atomic E-state index is 12.7. The molecule has 0 radical (unpaired) electrons. The van der Waals surface area contributed by atoms with Crippen molar-refractivity contribution in [3.05, 3.63) is 47.0 Å². The Morgan fingerprint density at radius 2 is 1.80 bits per heavy atom. The van der Waals surface area contributed by atoms with E-state index in [2.05, 4.69) is 15.5 Å². The zero-order chi connectivity index (χ0) is 20.8. The average molecular weight is 461 g/mol. The summed E-state index contributed by atoms with van der Waals surface area (Å²) in [5.41, 5.74) is 1.10. The van der Waals surface area contributed by atoms with Crippen molar-refractivity contribution in [3.8, 4) is 0 Å². The number of halogens is 1. The Morgan fingerprint density at radius 3 is 2.47 bits per heavy atom. The number of carbonyl (C=O) groups is 3. The van der Waals surface area contributed by atoms with E-state index in [1.807, 2.05) is 36.4 Å². The van der Waals surface area contributed by atoms with E-state index < -0.39 is 5.91 Å². The predicted molar refractivity (Wildman–Crippen MR) is 114 cm³/mol. The lowest BCUT2D eigenvalue weighted by atomic mass is 9.85. The lowest BCUT2D eigenvalue weighted by Crippen LogP contribution is -2.39. The molecule has 154 valence electrons. The summed E-state index contributed by atoms with van der Waals surface area (Å²) < 4.78 is 0.714. The van der Waals surface area contributed by atoms with E-state index >= 15 is 0 Å². The first-order chi connectivity index (χ1) is 14.5. The van der Waals surface area contributed by atoms with Gasteiger partial charge in [0.25, 0.3) is 0 Å². The van der Waals surface area contributed by atoms with Crippen LogP contribution < -0.4 is 5.32 Å². The Kier molecular flexibility index (Phi) is 5.12. The van der Waals surface area contributed by atoms with E-state index in [1.165, 1.54) is 23.1 Å². The molecule has 2 aromatic rings. The van der Waals surface area contributed by atoms with Crippen LogP contribution in [0.5, 0.6) is 0 Å². The molecule has 3 aliphatic rings. The van der Waals surface area contributed by atoms with Crippen molar-refractivity contribution in [2.75, 3.05) is 11.9 Å². The summed E-state index contributed by atoms with van der Waals surface area (Å²) in [7, 11) is 0. The van der Waals surface area contributed by atoms with E-state index in [-0.39, 0.29) is 42.0 Å². The second-order valence-electron chi connectivity index (χ2n) is 7.60. The molecule has 2 heterocycles. The molecule has 2 aliphatic carbocycles. The summed E-state index contributed by atoms with van der Waals surface area (Å²) in [4.78, 5) is 38.9. The summed E-state index contributed by atoms with van der Waals surface area (Å²) in [6, 6.07) is 7.56. The Morgan fingerprint density at radius 1 is 1.13 bits per heavy atom. The quantitative estimate of drug-likeness (QED) is 0.308. The van der Waals surface area contributed by atoms with Gasteiger partial charge in [0.1, 0.15) is 6.54 Å². The molecule has 0 unspecified atom stereocenters. The molecule has 4 atom stereocenters. The van der Waals surface area contributed by atoms with Crippen LogP contribution in [0.1, 0.15) is 12.0 Å². The minimum absolute atomic E-state index is 0.132. The molecule has 1 saturated carbocycles. The van der Waals surface area contributed by atoms with Gasteiger partial charge in [0.05, 0.1) is 11.8 Å². The summed E-state index contributed by atoms with van der Waals surface area (Å²) >= 11 is 8.65. The van der Waals surface area contributed by atoms with Crippen molar-refractivity contribution in [2.24, 2.45) is 23.7 Å². The molecule has 3 amide bonds. The monoisotopic (exact) mass is 460 g/mol. The first-order valence-electron chi connectivity index (χ1n) is 9.54. The number of aromatic nitrogens is 2. The van der Waals surface area contributed by atoms with E-state index in [9.17, 15) is 14.4 Å². The van der Waals surface area contributed by atoms with Gasteiger partial charge in [0.2, 0.25) is 22.9 Å². The molecular formula is C20H17ClN4O3S2. The van der Waals surface area contributed by atoms with Crippen molar-refractivity contribution in [1.29, 1.82) is 0 Å². The molecule has 30 heavy (non-hydrogen) atoms. The minimum atomic E-state index is -0.442. The highest BCUT2D eigenvalue weighted by Gasteiger charge is 2.59. The lowest BCUT2D eigenvalue weighted by Gasteiger charge is -2.16. The third-order valence-electron chi connectivity index (χ3n) is 5.79. The highest BCUT2D eigenvalue weighted by Crippen LogP contribution is 2.52. The highest BCUT2D eigenvalue weighted by atomic mass is 35.5. The molecule has 1 aromatic heterocycles. The van der Waals surface area contributed by atoms with Crippen LogP contribution in [0.3, 0.4) is 0 Å². The molecule has 2 bridgehead atoms. The van der Waals surface area contributed by atoms with E-state index in [4.69, 9.17) is 11.6 Å². The number of allylic oxidation sites excluding steroid dienone is 2. The third kappa shape index (κ3) is 3.55. The van der Waals surface area contributed by atoms with Crippen molar-refractivity contribution in [2.45, 2.75) is 16.5 Å². The highest BCUT2D eigenvalue weighted by molar-refractivity contribution is 8.00. The van der Waals surface area contributed by atoms with Crippen LogP contribution in [0.15, 0.2) is 40.8 Å². The van der Waals surface area contributed by atoms with Crippen LogP contribution in [0.25, 0.3) is 0 Å². The average Bonchev–Trinajstić information content (AvgIpc) is 3.49. The molecule has 1 saturated heterocycles. The maximum Gasteiger partial charge on any atom is 0.246 e. The van der Waals surface area contributed by atoms with E-state index in [0.717, 1.165) is 16.9 Å². The van der Waals surface area contributed by atoms with E-state index in [1.54, 1.807) is 0 Å². The van der Waals surface area contributed by atoms with Gasteiger partial charge in [-0.3, -0.25) is 24.6 Å². The van der Waals surface area contributed by atoms with Crippen molar-refractivity contribution in [1.82, 2.24) is 15.1 Å². The first kappa shape index (κ1) is 19.7. The summed E-state index contributed by atoms with van der Waals surface area (Å²) in [5.74, 6) is -0.518. The molecule has 5 rings (SSSR count). The second-order valence-corrected chi connectivity index (χ2v) is 10.2. The van der Waals surface area contributed by atoms with Gasteiger partial charge in [-0.15, -0.1) is 10.2 Å². The molecule has 7 nitrogen and oxygen atoms in total. The third-order valence-corrected chi connectivity index (χ3v) is 8.09. The predicted octanol–water partition coefficient (Wildman–Crippen LogP) is 3.23.